The number of carbonyl (C=O) groups is 9. The molecule has 24 nitrogen and oxygen atoms in total. The normalized spacial score (nSPS) is 25.7. The number of nitrogens with zero attached hydrogens (tertiary/aromatic N) is 3. The van der Waals surface area contributed by atoms with Gasteiger partial charge in [0, 0.05) is 71.6 Å². The van der Waals surface area contributed by atoms with E-state index in [2.05, 4.69) is 26.6 Å². The highest BCUT2D eigenvalue weighted by Gasteiger charge is 2.64. The van der Waals surface area contributed by atoms with E-state index in [1.165, 1.54) is 38.0 Å². The first-order valence-corrected chi connectivity index (χ1v) is 24.4. The van der Waals surface area contributed by atoms with Crippen molar-refractivity contribution in [2.24, 2.45) is 5.92 Å². The second-order valence-electron chi connectivity index (χ2n) is 18.8. The van der Waals surface area contributed by atoms with Gasteiger partial charge < -0.3 is 65.0 Å². The standard InChI is InChI=1S/C49H67ClN8O16/c1-27-11-9-12-34(71-8)49(69)23-33(72-47(68)55-49)28(2)45-48(4,74-45)35(22-43(66)57(6)31-20-30(19-27)21-32(70-7)44(31)50)73-46(67)29(3)56(5)40(63)14-10-13-36(59)52-25-38(61)54-26-39(62)53-24-37(60)51-17-18-58-41(64)15-16-42(58)65/h9,11-12,15-16,20-21,28-29,33-35,45-46,67,69H,10,13-14,17-19,22-26H2,1-8H3,(H,51,60)(H,52,59)(H,53,62)(H,54,61)(H,55,68). The van der Waals surface area contributed by atoms with E-state index in [0.717, 1.165) is 28.2 Å². The fourth-order valence-electron chi connectivity index (χ4n) is 8.68. The van der Waals surface area contributed by atoms with Gasteiger partial charge >= 0.3 is 6.09 Å². The van der Waals surface area contributed by atoms with Gasteiger partial charge in [-0.25, -0.2) is 4.79 Å². The number of fused-ring (bicyclic) bond motifs is 5. The molecule has 74 heavy (non-hydrogen) atoms. The second-order valence-corrected chi connectivity index (χ2v) is 19.1. The molecule has 406 valence electrons. The SMILES string of the molecule is COc1cc2cc(c1Cl)N(C)C(=O)CC(OC(O)C(C)N(C)C(=O)CCCC(=O)NCC(=O)NCC(=O)NCC(=O)NCCN1C(=O)C=CC1=O)C1(C)OC1C(C)C1CC(O)(NC(=O)O1)C(OC)C=CC=C(C)C2. The molecule has 0 radical (unpaired) electrons. The summed E-state index contributed by atoms with van der Waals surface area (Å²) in [6.07, 6.45) is 0.735. The van der Waals surface area contributed by atoms with E-state index >= 15 is 0 Å². The summed E-state index contributed by atoms with van der Waals surface area (Å²) in [5.41, 5.74) is -1.18. The highest BCUT2D eigenvalue weighted by atomic mass is 35.5. The van der Waals surface area contributed by atoms with Gasteiger partial charge in [0.15, 0.2) is 12.0 Å². The molecule has 0 spiro atoms. The zero-order chi connectivity index (χ0) is 54.7. The smallest absolute Gasteiger partial charge is 0.409 e. The van der Waals surface area contributed by atoms with Crippen LogP contribution in [0, 0.1) is 5.92 Å². The van der Waals surface area contributed by atoms with Crippen molar-refractivity contribution in [1.29, 1.82) is 0 Å². The predicted molar refractivity (Wildman–Crippen MR) is 264 cm³/mol. The number of likely N-dealkylation sites (N-methyl/N-ethyl adjacent to an activating group) is 1. The maximum atomic E-state index is 14.3. The summed E-state index contributed by atoms with van der Waals surface area (Å²) in [5.74, 6) is -4.75. The molecular formula is C49H67ClN8O16. The highest BCUT2D eigenvalue weighted by molar-refractivity contribution is 6.35. The summed E-state index contributed by atoms with van der Waals surface area (Å²) in [5, 5.41) is 35.6. The molecule has 7 N–H and O–H groups in total. The van der Waals surface area contributed by atoms with E-state index in [9.17, 15) is 53.4 Å². The Hall–Kier alpha value is -6.44. The Morgan fingerprint density at radius 1 is 0.973 bits per heavy atom. The first-order chi connectivity index (χ1) is 34.9. The van der Waals surface area contributed by atoms with Crippen LogP contribution in [-0.4, -0.2) is 182 Å². The average molecular weight is 1060 g/mol. The van der Waals surface area contributed by atoms with Crippen molar-refractivity contribution in [3.8, 4) is 5.75 Å². The van der Waals surface area contributed by atoms with Crippen LogP contribution in [0.25, 0.3) is 0 Å². The third kappa shape index (κ3) is 15.1. The number of methoxy groups -OCH3 is 2. The van der Waals surface area contributed by atoms with E-state index in [0.29, 0.717) is 17.9 Å². The lowest BCUT2D eigenvalue weighted by atomic mass is 9.83. The minimum atomic E-state index is -1.89. The van der Waals surface area contributed by atoms with Gasteiger partial charge in [0.25, 0.3) is 11.8 Å². The molecule has 1 aromatic rings. The second kappa shape index (κ2) is 25.7. The van der Waals surface area contributed by atoms with Crippen LogP contribution in [0.1, 0.15) is 65.4 Å². The number of alkyl carbamates (subject to hydrolysis) is 1. The number of epoxide rings is 1. The van der Waals surface area contributed by atoms with E-state index < -0.39 is 127 Å². The van der Waals surface area contributed by atoms with Gasteiger partial charge in [0.1, 0.15) is 34.7 Å². The molecule has 4 heterocycles. The number of nitrogens with one attached hydrogen (secondary N) is 5. The van der Waals surface area contributed by atoms with Gasteiger partial charge in [-0.15, -0.1) is 0 Å². The van der Waals surface area contributed by atoms with Gasteiger partial charge in [-0.05, 0) is 51.3 Å². The van der Waals surface area contributed by atoms with Crippen molar-refractivity contribution < 1.29 is 77.0 Å². The number of allylic oxidation sites excluding steroid dienone is 3. The number of hydrogen-bond donors (Lipinski definition) is 7. The summed E-state index contributed by atoms with van der Waals surface area (Å²) in [4.78, 5) is 116. The van der Waals surface area contributed by atoms with Crippen molar-refractivity contribution in [1.82, 2.24) is 36.4 Å². The summed E-state index contributed by atoms with van der Waals surface area (Å²) >= 11 is 6.80. The number of anilines is 1. The van der Waals surface area contributed by atoms with Crippen molar-refractivity contribution >= 4 is 70.6 Å². The molecule has 0 aromatic heterocycles. The van der Waals surface area contributed by atoms with E-state index in [1.54, 1.807) is 45.2 Å². The molecule has 2 saturated heterocycles. The lowest BCUT2D eigenvalue weighted by molar-refractivity contribution is -0.186. The number of amides is 9. The third-order valence-electron chi connectivity index (χ3n) is 13.4. The van der Waals surface area contributed by atoms with Gasteiger partial charge in [0.05, 0.1) is 51.0 Å². The summed E-state index contributed by atoms with van der Waals surface area (Å²) in [6, 6.07) is 2.51. The molecular weight excluding hydrogens is 992 g/mol. The first-order valence-electron chi connectivity index (χ1n) is 24.0. The Morgan fingerprint density at radius 2 is 1.59 bits per heavy atom. The fourth-order valence-corrected chi connectivity index (χ4v) is 8.99. The molecule has 4 bridgehead atoms. The Labute approximate surface area is 433 Å². The monoisotopic (exact) mass is 1060 g/mol. The quantitative estimate of drug-likeness (QED) is 0.0539. The lowest BCUT2D eigenvalue weighted by Gasteiger charge is -2.42. The predicted octanol–water partition coefficient (Wildman–Crippen LogP) is -0.134. The van der Waals surface area contributed by atoms with Crippen molar-refractivity contribution in [2.45, 2.75) is 114 Å². The number of rotatable bonds is 19. The Kier molecular flexibility index (Phi) is 20.3. The molecule has 0 saturated carbocycles. The molecule has 5 rings (SSSR count). The number of aliphatic hydroxyl groups excluding tert-OH is 1. The minimum absolute atomic E-state index is 0.0262. The number of imide groups is 1. The van der Waals surface area contributed by atoms with E-state index in [4.69, 9.17) is 35.3 Å². The van der Waals surface area contributed by atoms with Crippen LogP contribution in [0.4, 0.5) is 10.5 Å². The van der Waals surface area contributed by atoms with Crippen LogP contribution in [0.3, 0.4) is 0 Å². The summed E-state index contributed by atoms with van der Waals surface area (Å²) in [6.45, 7) is 5.40. The molecule has 9 amide bonds. The van der Waals surface area contributed by atoms with Gasteiger partial charge in [-0.2, -0.15) is 0 Å². The Balaban J connectivity index is 1.16. The largest absolute Gasteiger partial charge is 0.495 e. The number of carbonyl (C=O) groups excluding carboxylic acids is 9. The summed E-state index contributed by atoms with van der Waals surface area (Å²) < 4.78 is 29.5. The Morgan fingerprint density at radius 3 is 2.22 bits per heavy atom. The van der Waals surface area contributed by atoms with E-state index in [-0.39, 0.29) is 50.2 Å². The zero-order valence-corrected chi connectivity index (χ0v) is 43.4. The number of halogens is 1. The highest BCUT2D eigenvalue weighted by Crippen LogP contribution is 2.49. The molecule has 4 aliphatic heterocycles. The van der Waals surface area contributed by atoms with Gasteiger partial charge in [0.2, 0.25) is 35.4 Å². The van der Waals surface area contributed by atoms with Crippen molar-refractivity contribution in [3.05, 3.63) is 58.7 Å². The third-order valence-corrected chi connectivity index (χ3v) is 13.7. The molecule has 2 fully saturated rings. The maximum absolute atomic E-state index is 14.3. The van der Waals surface area contributed by atoms with Crippen LogP contribution < -0.4 is 36.2 Å². The van der Waals surface area contributed by atoms with Crippen LogP contribution in [-0.2, 0) is 63.7 Å². The maximum Gasteiger partial charge on any atom is 0.409 e. The topological polar surface area (TPSA) is 313 Å². The number of ether oxygens (including phenoxy) is 5. The van der Waals surface area contributed by atoms with Gasteiger partial charge in [-0.3, -0.25) is 48.6 Å². The van der Waals surface area contributed by atoms with Crippen LogP contribution >= 0.6 is 11.6 Å². The molecule has 9 unspecified atom stereocenters. The summed E-state index contributed by atoms with van der Waals surface area (Å²) in [7, 11) is 5.84. The molecule has 4 aliphatic rings. The average Bonchev–Trinajstić information content (AvgIpc) is 3.96. The lowest BCUT2D eigenvalue weighted by Crippen LogP contribution is -2.63. The minimum Gasteiger partial charge on any atom is -0.495 e. The van der Waals surface area contributed by atoms with Gasteiger partial charge in [-0.1, -0.05) is 42.3 Å². The first kappa shape index (κ1) is 58.4. The molecule has 25 heteroatoms. The van der Waals surface area contributed by atoms with Crippen LogP contribution in [0.5, 0.6) is 5.75 Å². The van der Waals surface area contributed by atoms with Crippen LogP contribution in [0.2, 0.25) is 5.02 Å². The number of benzene rings is 1. The number of aliphatic hydroxyl groups is 2. The van der Waals surface area contributed by atoms with Crippen LogP contribution in [0.15, 0.2) is 48.1 Å². The van der Waals surface area contributed by atoms with Crippen molar-refractivity contribution in [2.75, 3.05) is 65.9 Å². The fraction of sp³-hybridized carbons (Fsp3) is 0.571. The molecule has 0 aliphatic carbocycles. The zero-order valence-electron chi connectivity index (χ0n) is 42.7. The number of hydrogen-bond acceptors (Lipinski definition) is 16. The Bertz CT molecular complexity index is 2400. The van der Waals surface area contributed by atoms with E-state index in [1.807, 2.05) is 13.0 Å². The van der Waals surface area contributed by atoms with Crippen molar-refractivity contribution in [3.63, 3.8) is 0 Å². The molecule has 9 atom stereocenters. The molecule has 1 aromatic carbocycles.